The Balaban J connectivity index is 1.96. The first-order valence-electron chi connectivity index (χ1n) is 8.32. The first kappa shape index (κ1) is 16.3. The molecule has 3 unspecified atom stereocenters. The number of likely N-dealkylation sites (tertiary alicyclic amines) is 1. The van der Waals surface area contributed by atoms with Crippen LogP contribution < -0.4 is 5.73 Å². The Kier molecular flexibility index (Phi) is 6.03. The van der Waals surface area contributed by atoms with E-state index < -0.39 is 0 Å². The standard InChI is InChI=1S/C16H28N2O3/c1-2-21-16(20)13-7-5-9-18(11-13)15(19)14-8-4-3-6-12(14)10-17/h12-14H,2-11,17H2,1H3. The van der Waals surface area contributed by atoms with Crippen molar-refractivity contribution in [2.75, 3.05) is 26.2 Å². The van der Waals surface area contributed by atoms with Crippen molar-refractivity contribution in [2.45, 2.75) is 45.4 Å². The molecule has 2 fully saturated rings. The summed E-state index contributed by atoms with van der Waals surface area (Å²) >= 11 is 0. The number of rotatable bonds is 4. The highest BCUT2D eigenvalue weighted by molar-refractivity contribution is 5.81. The molecule has 0 bridgehead atoms. The normalized spacial score (nSPS) is 30.0. The Hall–Kier alpha value is -1.10. The number of esters is 1. The van der Waals surface area contributed by atoms with Crippen molar-refractivity contribution in [3.63, 3.8) is 0 Å². The monoisotopic (exact) mass is 296 g/mol. The van der Waals surface area contributed by atoms with Crippen LogP contribution in [0.1, 0.15) is 45.4 Å². The predicted octanol–water partition coefficient (Wildman–Crippen LogP) is 1.55. The summed E-state index contributed by atoms with van der Waals surface area (Å²) in [5.74, 6) is 0.273. The SMILES string of the molecule is CCOC(=O)C1CCCN(C(=O)C2CCCCC2CN)C1. The number of nitrogens with zero attached hydrogens (tertiary/aromatic N) is 1. The van der Waals surface area contributed by atoms with Gasteiger partial charge in [-0.05, 0) is 45.1 Å². The van der Waals surface area contributed by atoms with Crippen molar-refractivity contribution in [2.24, 2.45) is 23.5 Å². The second-order valence-electron chi connectivity index (χ2n) is 6.26. The zero-order valence-corrected chi connectivity index (χ0v) is 13.1. The third kappa shape index (κ3) is 3.96. The minimum atomic E-state index is -0.158. The topological polar surface area (TPSA) is 72.6 Å². The predicted molar refractivity (Wildman–Crippen MR) is 80.4 cm³/mol. The lowest BCUT2D eigenvalue weighted by molar-refractivity contribution is -0.152. The van der Waals surface area contributed by atoms with Crippen LogP contribution in [0.3, 0.4) is 0 Å². The molecule has 1 amide bonds. The third-order valence-electron chi connectivity index (χ3n) is 4.88. The quantitative estimate of drug-likeness (QED) is 0.799. The molecule has 1 aliphatic heterocycles. The first-order chi connectivity index (χ1) is 10.2. The molecule has 0 radical (unpaired) electrons. The maximum Gasteiger partial charge on any atom is 0.310 e. The summed E-state index contributed by atoms with van der Waals surface area (Å²) in [5.41, 5.74) is 5.83. The van der Waals surface area contributed by atoms with Crippen LogP contribution in [0.5, 0.6) is 0 Å². The van der Waals surface area contributed by atoms with Gasteiger partial charge in [-0.25, -0.2) is 0 Å². The Morgan fingerprint density at radius 1 is 1.19 bits per heavy atom. The van der Waals surface area contributed by atoms with Gasteiger partial charge < -0.3 is 15.4 Å². The average molecular weight is 296 g/mol. The van der Waals surface area contributed by atoms with Crippen LogP contribution in [0.4, 0.5) is 0 Å². The zero-order chi connectivity index (χ0) is 15.2. The molecule has 21 heavy (non-hydrogen) atoms. The van der Waals surface area contributed by atoms with Crippen molar-refractivity contribution in [3.05, 3.63) is 0 Å². The van der Waals surface area contributed by atoms with Crippen LogP contribution in [0.2, 0.25) is 0 Å². The number of piperidine rings is 1. The van der Waals surface area contributed by atoms with E-state index in [4.69, 9.17) is 10.5 Å². The fourth-order valence-corrected chi connectivity index (χ4v) is 3.68. The highest BCUT2D eigenvalue weighted by Crippen LogP contribution is 2.32. The molecule has 5 nitrogen and oxygen atoms in total. The summed E-state index contributed by atoms with van der Waals surface area (Å²) in [5, 5.41) is 0. The van der Waals surface area contributed by atoms with Gasteiger partial charge >= 0.3 is 5.97 Å². The molecule has 1 heterocycles. The van der Waals surface area contributed by atoms with E-state index in [2.05, 4.69) is 0 Å². The van der Waals surface area contributed by atoms with Gasteiger partial charge in [0.25, 0.3) is 0 Å². The van der Waals surface area contributed by atoms with Crippen molar-refractivity contribution >= 4 is 11.9 Å². The van der Waals surface area contributed by atoms with E-state index in [-0.39, 0.29) is 23.7 Å². The van der Waals surface area contributed by atoms with Crippen molar-refractivity contribution < 1.29 is 14.3 Å². The van der Waals surface area contributed by atoms with Gasteiger partial charge in [-0.1, -0.05) is 12.8 Å². The van der Waals surface area contributed by atoms with Crippen molar-refractivity contribution in [3.8, 4) is 0 Å². The van der Waals surface area contributed by atoms with E-state index in [0.717, 1.165) is 38.6 Å². The van der Waals surface area contributed by atoms with Crippen LogP contribution in [-0.2, 0) is 14.3 Å². The summed E-state index contributed by atoms with van der Waals surface area (Å²) in [6.07, 6.45) is 6.01. The van der Waals surface area contributed by atoms with E-state index in [1.54, 1.807) is 0 Å². The summed E-state index contributed by atoms with van der Waals surface area (Å²) in [7, 11) is 0. The maximum atomic E-state index is 12.8. The van der Waals surface area contributed by atoms with Crippen molar-refractivity contribution in [1.29, 1.82) is 0 Å². The first-order valence-corrected chi connectivity index (χ1v) is 8.32. The molecule has 1 saturated carbocycles. The molecule has 0 aromatic carbocycles. The molecular formula is C16H28N2O3. The Morgan fingerprint density at radius 3 is 2.67 bits per heavy atom. The lowest BCUT2D eigenvalue weighted by Gasteiger charge is -2.37. The summed E-state index contributed by atoms with van der Waals surface area (Å²) in [4.78, 5) is 26.5. The third-order valence-corrected chi connectivity index (χ3v) is 4.88. The molecule has 0 aromatic heterocycles. The lowest BCUT2D eigenvalue weighted by Crippen LogP contribution is -2.48. The fourth-order valence-electron chi connectivity index (χ4n) is 3.68. The molecule has 1 aliphatic carbocycles. The van der Waals surface area contributed by atoms with Crippen LogP contribution >= 0.6 is 0 Å². The maximum absolute atomic E-state index is 12.8. The number of hydrogen-bond acceptors (Lipinski definition) is 4. The second-order valence-corrected chi connectivity index (χ2v) is 6.26. The van der Waals surface area contributed by atoms with Crippen LogP contribution in [0.25, 0.3) is 0 Å². The van der Waals surface area contributed by atoms with E-state index in [1.807, 2.05) is 11.8 Å². The highest BCUT2D eigenvalue weighted by atomic mass is 16.5. The van der Waals surface area contributed by atoms with Crippen LogP contribution in [-0.4, -0.2) is 43.0 Å². The fraction of sp³-hybridized carbons (Fsp3) is 0.875. The van der Waals surface area contributed by atoms with E-state index in [0.29, 0.717) is 25.6 Å². The minimum Gasteiger partial charge on any atom is -0.466 e. The van der Waals surface area contributed by atoms with Crippen molar-refractivity contribution in [1.82, 2.24) is 4.90 Å². The zero-order valence-electron chi connectivity index (χ0n) is 13.1. The number of amides is 1. The molecule has 0 aromatic rings. The van der Waals surface area contributed by atoms with Gasteiger partial charge in [0.2, 0.25) is 5.91 Å². The molecule has 0 spiro atoms. The lowest BCUT2D eigenvalue weighted by atomic mass is 9.78. The average Bonchev–Trinajstić information content (AvgIpc) is 2.54. The molecule has 2 N–H and O–H groups in total. The molecule has 5 heteroatoms. The van der Waals surface area contributed by atoms with Gasteiger partial charge in [-0.2, -0.15) is 0 Å². The van der Waals surface area contributed by atoms with Crippen LogP contribution in [0, 0.1) is 17.8 Å². The Bertz CT molecular complexity index is 373. The Labute approximate surface area is 127 Å². The van der Waals surface area contributed by atoms with Gasteiger partial charge in [0.15, 0.2) is 0 Å². The number of ether oxygens (including phenoxy) is 1. The summed E-state index contributed by atoms with van der Waals surface area (Å²) in [6.45, 7) is 4.10. The molecule has 1 saturated heterocycles. The Morgan fingerprint density at radius 2 is 1.95 bits per heavy atom. The van der Waals surface area contributed by atoms with E-state index in [1.165, 1.54) is 6.42 Å². The molecule has 3 atom stereocenters. The molecule has 120 valence electrons. The molecule has 2 rings (SSSR count). The minimum absolute atomic E-state index is 0.0599. The van der Waals surface area contributed by atoms with Gasteiger partial charge in [0.05, 0.1) is 12.5 Å². The number of hydrogen-bond donors (Lipinski definition) is 1. The molecular weight excluding hydrogens is 268 g/mol. The van der Waals surface area contributed by atoms with Gasteiger partial charge in [-0.15, -0.1) is 0 Å². The van der Waals surface area contributed by atoms with E-state index in [9.17, 15) is 9.59 Å². The number of nitrogens with two attached hydrogens (primary N) is 1. The largest absolute Gasteiger partial charge is 0.466 e. The number of carbonyl (C=O) groups excluding carboxylic acids is 2. The summed E-state index contributed by atoms with van der Waals surface area (Å²) < 4.78 is 5.10. The molecule has 2 aliphatic rings. The summed E-state index contributed by atoms with van der Waals surface area (Å²) in [6, 6.07) is 0. The van der Waals surface area contributed by atoms with Gasteiger partial charge in [-0.3, -0.25) is 9.59 Å². The number of carbonyl (C=O) groups is 2. The second kappa shape index (κ2) is 7.78. The van der Waals surface area contributed by atoms with Crippen LogP contribution in [0.15, 0.2) is 0 Å². The van der Waals surface area contributed by atoms with Gasteiger partial charge in [0, 0.05) is 19.0 Å². The smallest absolute Gasteiger partial charge is 0.310 e. The highest BCUT2D eigenvalue weighted by Gasteiger charge is 2.36. The van der Waals surface area contributed by atoms with E-state index >= 15 is 0 Å². The van der Waals surface area contributed by atoms with Gasteiger partial charge in [0.1, 0.15) is 0 Å².